The molecule has 0 bridgehead atoms. The first kappa shape index (κ1) is 20.4. The van der Waals surface area contributed by atoms with E-state index >= 15 is 0 Å². The van der Waals surface area contributed by atoms with Crippen molar-refractivity contribution in [3.05, 3.63) is 78.0 Å². The predicted molar refractivity (Wildman–Crippen MR) is 106 cm³/mol. The molecule has 3 N–H and O–H groups in total. The van der Waals surface area contributed by atoms with Crippen molar-refractivity contribution in [3.63, 3.8) is 0 Å². The number of carbonyl (C=O) groups is 1. The summed E-state index contributed by atoms with van der Waals surface area (Å²) in [7, 11) is 1.53. The van der Waals surface area contributed by atoms with Crippen LogP contribution in [-0.4, -0.2) is 22.1 Å². The Kier molecular flexibility index (Phi) is 6.47. The van der Waals surface area contributed by atoms with Crippen molar-refractivity contribution in [2.45, 2.75) is 0 Å². The van der Waals surface area contributed by atoms with Crippen molar-refractivity contribution < 1.29 is 22.5 Å². The second-order valence-corrected chi connectivity index (χ2v) is 6.82. The summed E-state index contributed by atoms with van der Waals surface area (Å²) in [6.07, 6.45) is 1.30. The molecule has 3 aromatic rings. The molecule has 0 spiro atoms. The van der Waals surface area contributed by atoms with Gasteiger partial charge in [-0.15, -0.1) is 0 Å². The van der Waals surface area contributed by atoms with Crippen LogP contribution in [0, 0.1) is 11.6 Å². The van der Waals surface area contributed by atoms with E-state index in [1.54, 1.807) is 24.3 Å². The number of nitrogens with zero attached hydrogens (tertiary/aromatic N) is 1. The number of pyridine rings is 1. The smallest absolute Gasteiger partial charge is 0.256 e. The van der Waals surface area contributed by atoms with Crippen LogP contribution in [0.1, 0.15) is 10.4 Å². The summed E-state index contributed by atoms with van der Waals surface area (Å²) in [5.74, 6) is -1.64. The zero-order valence-corrected chi connectivity index (χ0v) is 15.9. The van der Waals surface area contributed by atoms with Crippen molar-refractivity contribution >= 4 is 28.6 Å². The van der Waals surface area contributed by atoms with E-state index in [0.717, 1.165) is 6.07 Å². The van der Waals surface area contributed by atoms with Crippen molar-refractivity contribution in [3.8, 4) is 11.5 Å². The van der Waals surface area contributed by atoms with Crippen molar-refractivity contribution in [2.24, 2.45) is 0 Å². The molecule has 0 aliphatic carbocycles. The van der Waals surface area contributed by atoms with Crippen LogP contribution in [0.2, 0.25) is 0 Å². The highest BCUT2D eigenvalue weighted by Gasteiger charge is 2.10. The lowest BCUT2D eigenvalue weighted by atomic mass is 10.2. The standard InChI is InChI=1S/C19H16F2N4O3S/c1-22-29(27)25-14-4-2-3-12(9-14)19(26)24-18-8-6-15(11-23-18)28-17-7-5-13(20)10-16(17)21/h2-11,22,25H,1H3,(H,23,24,26). The Bertz CT molecular complexity index is 1050. The average Bonchev–Trinajstić information content (AvgIpc) is 2.71. The van der Waals surface area contributed by atoms with Gasteiger partial charge >= 0.3 is 0 Å². The van der Waals surface area contributed by atoms with Gasteiger partial charge in [-0.3, -0.25) is 9.52 Å². The number of anilines is 2. The average molecular weight is 418 g/mol. The van der Waals surface area contributed by atoms with Crippen molar-refractivity contribution in [2.75, 3.05) is 17.1 Å². The number of carbonyl (C=O) groups excluding carboxylic acids is 1. The van der Waals surface area contributed by atoms with E-state index in [9.17, 15) is 17.8 Å². The zero-order chi connectivity index (χ0) is 20.8. The molecule has 1 aromatic heterocycles. The molecule has 0 fully saturated rings. The number of benzene rings is 2. The first-order valence-corrected chi connectivity index (χ1v) is 9.46. The molecule has 7 nitrogen and oxygen atoms in total. The number of halogens is 2. The number of hydrogen-bond donors (Lipinski definition) is 3. The molecule has 0 saturated heterocycles. The van der Waals surface area contributed by atoms with Gasteiger partial charge in [-0.25, -0.2) is 22.7 Å². The number of rotatable bonds is 7. The normalized spacial score (nSPS) is 11.6. The van der Waals surface area contributed by atoms with Crippen molar-refractivity contribution in [1.82, 2.24) is 9.71 Å². The van der Waals surface area contributed by atoms with Gasteiger partial charge in [0.2, 0.25) is 0 Å². The van der Waals surface area contributed by atoms with Gasteiger partial charge in [-0.2, -0.15) is 0 Å². The van der Waals surface area contributed by atoms with E-state index in [4.69, 9.17) is 4.74 Å². The van der Waals surface area contributed by atoms with E-state index in [1.807, 2.05) is 0 Å². The minimum absolute atomic E-state index is 0.145. The van der Waals surface area contributed by atoms with E-state index in [1.165, 1.54) is 31.4 Å². The molecule has 1 unspecified atom stereocenters. The van der Waals surface area contributed by atoms with Crippen LogP contribution in [0.5, 0.6) is 11.5 Å². The van der Waals surface area contributed by atoms with Gasteiger partial charge in [0.15, 0.2) is 22.7 Å². The number of amides is 1. The largest absolute Gasteiger partial charge is 0.453 e. The Labute approximate surface area is 167 Å². The summed E-state index contributed by atoms with van der Waals surface area (Å²) >= 11 is -1.47. The van der Waals surface area contributed by atoms with Gasteiger partial charge < -0.3 is 10.1 Å². The van der Waals surface area contributed by atoms with E-state index in [0.29, 0.717) is 17.3 Å². The third kappa shape index (κ3) is 5.56. The molecule has 1 heterocycles. The fourth-order valence-electron chi connectivity index (χ4n) is 2.27. The maximum atomic E-state index is 13.6. The highest BCUT2D eigenvalue weighted by Crippen LogP contribution is 2.25. The summed E-state index contributed by atoms with van der Waals surface area (Å²) < 4.78 is 48.6. The van der Waals surface area contributed by atoms with Crippen LogP contribution in [-0.2, 0) is 11.2 Å². The fraction of sp³-hybridized carbons (Fsp3) is 0.0526. The summed E-state index contributed by atoms with van der Waals surface area (Å²) in [5, 5.41) is 2.61. The predicted octanol–water partition coefficient (Wildman–Crippen LogP) is 3.61. The van der Waals surface area contributed by atoms with Gasteiger partial charge in [0, 0.05) is 17.3 Å². The monoisotopic (exact) mass is 418 g/mol. The molecule has 0 aliphatic rings. The van der Waals surface area contributed by atoms with Gasteiger partial charge in [0.1, 0.15) is 17.4 Å². The van der Waals surface area contributed by atoms with Crippen LogP contribution in [0.3, 0.4) is 0 Å². The molecule has 3 rings (SSSR count). The molecule has 1 atom stereocenters. The van der Waals surface area contributed by atoms with Crippen LogP contribution in [0.25, 0.3) is 0 Å². The minimum atomic E-state index is -1.47. The molecule has 0 radical (unpaired) electrons. The summed E-state index contributed by atoms with van der Waals surface area (Å²) in [4.78, 5) is 16.4. The number of nitrogens with one attached hydrogen (secondary N) is 3. The molecule has 150 valence electrons. The first-order chi connectivity index (χ1) is 13.9. The number of ether oxygens (including phenoxy) is 1. The quantitative estimate of drug-likeness (QED) is 0.547. The zero-order valence-electron chi connectivity index (χ0n) is 15.1. The Morgan fingerprint density at radius 2 is 1.93 bits per heavy atom. The minimum Gasteiger partial charge on any atom is -0.453 e. The van der Waals surface area contributed by atoms with Gasteiger partial charge in [-0.05, 0) is 49.5 Å². The SMILES string of the molecule is CNS(=O)Nc1cccc(C(=O)Nc2ccc(Oc3ccc(F)cc3F)cn2)c1. The molecular weight excluding hydrogens is 402 g/mol. The maximum absolute atomic E-state index is 13.6. The van der Waals surface area contributed by atoms with Crippen LogP contribution in [0.15, 0.2) is 60.8 Å². The molecule has 10 heteroatoms. The van der Waals surface area contributed by atoms with E-state index in [2.05, 4.69) is 19.7 Å². The van der Waals surface area contributed by atoms with Gasteiger partial charge in [0.25, 0.3) is 5.91 Å². The fourth-order valence-corrected chi connectivity index (χ4v) is 2.71. The number of aromatic nitrogens is 1. The summed E-state index contributed by atoms with van der Waals surface area (Å²) in [6, 6.07) is 12.4. The Morgan fingerprint density at radius 1 is 1.10 bits per heavy atom. The topological polar surface area (TPSA) is 92.4 Å². The molecule has 29 heavy (non-hydrogen) atoms. The van der Waals surface area contributed by atoms with Crippen LogP contribution < -0.4 is 19.5 Å². The summed E-state index contributed by atoms with van der Waals surface area (Å²) in [6.45, 7) is 0. The third-order valence-corrected chi connectivity index (χ3v) is 4.41. The molecule has 0 saturated carbocycles. The third-order valence-electron chi connectivity index (χ3n) is 3.62. The maximum Gasteiger partial charge on any atom is 0.256 e. The number of hydrogen-bond acceptors (Lipinski definition) is 4. The summed E-state index contributed by atoms with van der Waals surface area (Å²) in [5.41, 5.74) is 0.835. The lowest BCUT2D eigenvalue weighted by Crippen LogP contribution is -2.19. The van der Waals surface area contributed by atoms with E-state index in [-0.39, 0.29) is 17.3 Å². The van der Waals surface area contributed by atoms with Crippen LogP contribution in [0.4, 0.5) is 20.3 Å². The van der Waals surface area contributed by atoms with Gasteiger partial charge in [0.05, 0.1) is 6.20 Å². The van der Waals surface area contributed by atoms with Crippen LogP contribution >= 0.6 is 0 Å². The molecule has 2 aromatic carbocycles. The highest BCUT2D eigenvalue weighted by atomic mass is 32.2. The molecular formula is C19H16F2N4O3S. The molecule has 0 aliphatic heterocycles. The lowest BCUT2D eigenvalue weighted by Gasteiger charge is -2.09. The highest BCUT2D eigenvalue weighted by molar-refractivity contribution is 7.84. The van der Waals surface area contributed by atoms with Crippen molar-refractivity contribution in [1.29, 1.82) is 0 Å². The van der Waals surface area contributed by atoms with Gasteiger partial charge in [-0.1, -0.05) is 6.07 Å². The Hall–Kier alpha value is -3.37. The lowest BCUT2D eigenvalue weighted by molar-refractivity contribution is 0.102. The van der Waals surface area contributed by atoms with E-state index < -0.39 is 28.7 Å². The first-order valence-electron chi connectivity index (χ1n) is 8.31. The second kappa shape index (κ2) is 9.22. The molecule has 1 amide bonds. The Morgan fingerprint density at radius 3 is 2.62 bits per heavy atom. The Balaban J connectivity index is 1.65. The second-order valence-electron chi connectivity index (χ2n) is 5.67.